The zero-order chi connectivity index (χ0) is 14.5. The van der Waals surface area contributed by atoms with Crippen LogP contribution in [0.4, 0.5) is 0 Å². The number of benzene rings is 2. The predicted octanol–water partition coefficient (Wildman–Crippen LogP) is 4.04. The van der Waals surface area contributed by atoms with Crippen molar-refractivity contribution in [1.82, 2.24) is 5.32 Å². The summed E-state index contributed by atoms with van der Waals surface area (Å²) in [6, 6.07) is 14.0. The van der Waals surface area contributed by atoms with Crippen molar-refractivity contribution in [3.8, 4) is 0 Å². The molecule has 0 radical (unpaired) electrons. The lowest BCUT2D eigenvalue weighted by atomic mass is 10.1. The SMILES string of the molecule is Cc1cc(Br)cc(C(=O)NCCc2ccccc2C)c1. The summed E-state index contributed by atoms with van der Waals surface area (Å²) in [6.45, 7) is 4.72. The molecule has 3 heteroatoms. The molecule has 0 aliphatic heterocycles. The summed E-state index contributed by atoms with van der Waals surface area (Å²) in [5, 5.41) is 2.97. The van der Waals surface area contributed by atoms with E-state index in [2.05, 4.69) is 40.3 Å². The van der Waals surface area contributed by atoms with Gasteiger partial charge in [0.2, 0.25) is 0 Å². The minimum absolute atomic E-state index is 0.0250. The Labute approximate surface area is 128 Å². The van der Waals surface area contributed by atoms with E-state index in [-0.39, 0.29) is 5.91 Å². The highest BCUT2D eigenvalue weighted by Gasteiger charge is 2.06. The molecule has 0 heterocycles. The van der Waals surface area contributed by atoms with E-state index in [1.807, 2.05) is 37.3 Å². The van der Waals surface area contributed by atoms with Crippen LogP contribution in [0.25, 0.3) is 0 Å². The zero-order valence-electron chi connectivity index (χ0n) is 11.7. The van der Waals surface area contributed by atoms with E-state index < -0.39 is 0 Å². The first-order valence-electron chi connectivity index (χ1n) is 6.66. The molecule has 0 saturated heterocycles. The number of amides is 1. The summed E-state index contributed by atoms with van der Waals surface area (Å²) in [4.78, 5) is 12.1. The molecule has 2 aromatic rings. The predicted molar refractivity (Wildman–Crippen MR) is 86.1 cm³/mol. The maximum Gasteiger partial charge on any atom is 0.251 e. The van der Waals surface area contributed by atoms with Gasteiger partial charge in [0.05, 0.1) is 0 Å². The van der Waals surface area contributed by atoms with Crippen LogP contribution in [-0.2, 0) is 6.42 Å². The Morgan fingerprint density at radius 3 is 2.60 bits per heavy atom. The summed E-state index contributed by atoms with van der Waals surface area (Å²) >= 11 is 3.42. The molecule has 0 aliphatic carbocycles. The Morgan fingerprint density at radius 1 is 1.15 bits per heavy atom. The van der Waals surface area contributed by atoms with Gasteiger partial charge in [-0.25, -0.2) is 0 Å². The molecule has 0 bridgehead atoms. The topological polar surface area (TPSA) is 29.1 Å². The second-order valence-corrected chi connectivity index (χ2v) is 5.87. The molecule has 0 spiro atoms. The average Bonchev–Trinajstić information content (AvgIpc) is 2.39. The van der Waals surface area contributed by atoms with E-state index >= 15 is 0 Å². The van der Waals surface area contributed by atoms with Crippen LogP contribution in [0, 0.1) is 13.8 Å². The second kappa shape index (κ2) is 6.71. The van der Waals surface area contributed by atoms with Crippen LogP contribution in [0.15, 0.2) is 46.9 Å². The van der Waals surface area contributed by atoms with Gasteiger partial charge in [-0.3, -0.25) is 4.79 Å². The van der Waals surface area contributed by atoms with E-state index in [9.17, 15) is 4.79 Å². The van der Waals surface area contributed by atoms with Gasteiger partial charge in [-0.15, -0.1) is 0 Å². The van der Waals surface area contributed by atoms with Gasteiger partial charge in [-0.1, -0.05) is 40.2 Å². The number of rotatable bonds is 4. The van der Waals surface area contributed by atoms with Gasteiger partial charge in [0, 0.05) is 16.6 Å². The van der Waals surface area contributed by atoms with Crippen LogP contribution in [0.5, 0.6) is 0 Å². The first-order chi connectivity index (χ1) is 9.56. The molecule has 2 aromatic carbocycles. The summed E-state index contributed by atoms with van der Waals surface area (Å²) in [5.41, 5.74) is 4.31. The van der Waals surface area contributed by atoms with Crippen molar-refractivity contribution in [1.29, 1.82) is 0 Å². The monoisotopic (exact) mass is 331 g/mol. The first-order valence-corrected chi connectivity index (χ1v) is 7.45. The largest absolute Gasteiger partial charge is 0.352 e. The van der Waals surface area contributed by atoms with Gasteiger partial charge in [0.25, 0.3) is 5.91 Å². The number of nitrogens with one attached hydrogen (secondary N) is 1. The maximum absolute atomic E-state index is 12.1. The quantitative estimate of drug-likeness (QED) is 0.900. The Kier molecular flexibility index (Phi) is 4.96. The van der Waals surface area contributed by atoms with Gasteiger partial charge in [0.15, 0.2) is 0 Å². The third-order valence-corrected chi connectivity index (χ3v) is 3.70. The minimum Gasteiger partial charge on any atom is -0.352 e. The third-order valence-electron chi connectivity index (χ3n) is 3.25. The lowest BCUT2D eigenvalue weighted by molar-refractivity contribution is 0.0954. The van der Waals surface area contributed by atoms with E-state index in [0.29, 0.717) is 12.1 Å². The average molecular weight is 332 g/mol. The van der Waals surface area contributed by atoms with Crippen molar-refractivity contribution in [2.75, 3.05) is 6.54 Å². The van der Waals surface area contributed by atoms with E-state index in [0.717, 1.165) is 16.5 Å². The fraction of sp³-hybridized carbons (Fsp3) is 0.235. The highest BCUT2D eigenvalue weighted by atomic mass is 79.9. The summed E-state index contributed by atoms with van der Waals surface area (Å²) in [5.74, 6) is -0.0250. The molecule has 0 fully saturated rings. The zero-order valence-corrected chi connectivity index (χ0v) is 13.3. The summed E-state index contributed by atoms with van der Waals surface area (Å²) < 4.78 is 0.932. The Bertz CT molecular complexity index is 602. The van der Waals surface area contributed by atoms with Crippen LogP contribution < -0.4 is 5.32 Å². The number of aryl methyl sites for hydroxylation is 2. The molecule has 0 atom stereocenters. The van der Waals surface area contributed by atoms with Gasteiger partial charge >= 0.3 is 0 Å². The number of carbonyl (C=O) groups is 1. The van der Waals surface area contributed by atoms with Crippen LogP contribution in [0.1, 0.15) is 27.0 Å². The van der Waals surface area contributed by atoms with Gasteiger partial charge in [-0.05, 0) is 55.2 Å². The highest BCUT2D eigenvalue weighted by molar-refractivity contribution is 9.10. The number of halogens is 1. The molecule has 0 aliphatic rings. The first kappa shape index (κ1) is 14.8. The van der Waals surface area contributed by atoms with Crippen LogP contribution in [-0.4, -0.2) is 12.5 Å². The molecule has 0 aromatic heterocycles. The molecule has 104 valence electrons. The van der Waals surface area contributed by atoms with Crippen molar-refractivity contribution in [3.05, 3.63) is 69.2 Å². The molecule has 1 N–H and O–H groups in total. The van der Waals surface area contributed by atoms with Crippen LogP contribution >= 0.6 is 15.9 Å². The third kappa shape index (κ3) is 3.94. The Balaban J connectivity index is 1.94. The fourth-order valence-electron chi connectivity index (χ4n) is 2.17. The molecular weight excluding hydrogens is 314 g/mol. The number of hydrogen-bond donors (Lipinski definition) is 1. The van der Waals surface area contributed by atoms with E-state index in [4.69, 9.17) is 0 Å². The van der Waals surface area contributed by atoms with Crippen molar-refractivity contribution < 1.29 is 4.79 Å². The van der Waals surface area contributed by atoms with Crippen molar-refractivity contribution in [3.63, 3.8) is 0 Å². The minimum atomic E-state index is -0.0250. The molecular formula is C17H18BrNO. The standard InChI is InChI=1S/C17H18BrNO/c1-12-9-15(11-16(18)10-12)17(20)19-8-7-14-6-4-3-5-13(14)2/h3-6,9-11H,7-8H2,1-2H3,(H,19,20). The molecule has 20 heavy (non-hydrogen) atoms. The van der Waals surface area contributed by atoms with Crippen molar-refractivity contribution in [2.45, 2.75) is 20.3 Å². The summed E-state index contributed by atoms with van der Waals surface area (Å²) in [6.07, 6.45) is 0.853. The molecule has 2 rings (SSSR count). The number of hydrogen-bond acceptors (Lipinski definition) is 1. The Hall–Kier alpha value is -1.61. The second-order valence-electron chi connectivity index (χ2n) is 4.95. The van der Waals surface area contributed by atoms with E-state index in [1.165, 1.54) is 11.1 Å². The van der Waals surface area contributed by atoms with Crippen LogP contribution in [0.2, 0.25) is 0 Å². The molecule has 1 amide bonds. The van der Waals surface area contributed by atoms with Crippen molar-refractivity contribution in [2.24, 2.45) is 0 Å². The lowest BCUT2D eigenvalue weighted by Crippen LogP contribution is -2.25. The van der Waals surface area contributed by atoms with E-state index in [1.54, 1.807) is 0 Å². The van der Waals surface area contributed by atoms with Crippen molar-refractivity contribution >= 4 is 21.8 Å². The molecule has 0 saturated carbocycles. The fourth-order valence-corrected chi connectivity index (χ4v) is 2.78. The van der Waals surface area contributed by atoms with Gasteiger partial charge in [0.1, 0.15) is 0 Å². The molecule has 2 nitrogen and oxygen atoms in total. The highest BCUT2D eigenvalue weighted by Crippen LogP contribution is 2.15. The lowest BCUT2D eigenvalue weighted by Gasteiger charge is -2.08. The van der Waals surface area contributed by atoms with Gasteiger partial charge in [-0.2, -0.15) is 0 Å². The van der Waals surface area contributed by atoms with Crippen LogP contribution in [0.3, 0.4) is 0 Å². The van der Waals surface area contributed by atoms with Gasteiger partial charge < -0.3 is 5.32 Å². The summed E-state index contributed by atoms with van der Waals surface area (Å²) in [7, 11) is 0. The smallest absolute Gasteiger partial charge is 0.251 e. The maximum atomic E-state index is 12.1. The molecule has 0 unspecified atom stereocenters. The normalized spacial score (nSPS) is 10.3. The number of carbonyl (C=O) groups excluding carboxylic acids is 1. The Morgan fingerprint density at radius 2 is 1.90 bits per heavy atom.